The molecular formula is CN4Se. The van der Waals surface area contributed by atoms with Crippen molar-refractivity contribution in [2.24, 2.45) is 20.7 Å². The number of hydrogen-bond acceptors (Lipinski definition) is 4. The first-order valence-electron chi connectivity index (χ1n) is 1.25. The van der Waals surface area contributed by atoms with Crippen molar-refractivity contribution in [3.8, 4) is 0 Å². The quantitative estimate of drug-likeness (QED) is 0.435. The van der Waals surface area contributed by atoms with E-state index in [4.69, 9.17) is 0 Å². The molecular weight excluding hydrogens is 147 g/mol. The monoisotopic (exact) mass is 148 g/mol. The normalized spacial score (nSPS) is 17.0. The second kappa shape index (κ2) is 1.36. The molecule has 0 atom stereocenters. The molecule has 30 valence electrons. The fourth-order valence-electron chi connectivity index (χ4n) is 0.137. The first-order valence-corrected chi connectivity index (χ1v) is 2.11. The van der Waals surface area contributed by atoms with Gasteiger partial charge in [-0.2, -0.15) is 0 Å². The summed E-state index contributed by atoms with van der Waals surface area (Å²) in [6.07, 6.45) is 0. The van der Waals surface area contributed by atoms with E-state index >= 15 is 0 Å². The van der Waals surface area contributed by atoms with E-state index < -0.39 is 0 Å². The van der Waals surface area contributed by atoms with E-state index in [0.717, 1.165) is 0 Å². The van der Waals surface area contributed by atoms with E-state index in [1.165, 1.54) is 0 Å². The predicted octanol–water partition coefficient (Wildman–Crippen LogP) is 0.0753. The van der Waals surface area contributed by atoms with Crippen LogP contribution in [0.2, 0.25) is 0 Å². The molecule has 0 aromatic rings. The Morgan fingerprint density at radius 2 is 1.67 bits per heavy atom. The zero-order valence-electron chi connectivity index (χ0n) is 2.70. The maximum atomic E-state index is 3.39. The third-order valence-corrected chi connectivity index (χ3v) is 0.643. The van der Waals surface area contributed by atoms with E-state index in [0.29, 0.717) is 4.67 Å². The van der Waals surface area contributed by atoms with E-state index in [-0.39, 0.29) is 0 Å². The number of rotatable bonds is 0. The van der Waals surface area contributed by atoms with Crippen molar-refractivity contribution in [2.75, 3.05) is 0 Å². The summed E-state index contributed by atoms with van der Waals surface area (Å²) < 4.78 is 0.495. The Balaban J connectivity index is 2.86. The average molecular weight is 147 g/mol. The topological polar surface area (TPSA) is 49.4 Å². The minimum atomic E-state index is 0.495. The van der Waals surface area contributed by atoms with Crippen LogP contribution >= 0.6 is 0 Å². The van der Waals surface area contributed by atoms with Gasteiger partial charge in [0.2, 0.25) is 0 Å². The summed E-state index contributed by atoms with van der Waals surface area (Å²) in [6, 6.07) is 0. The average Bonchev–Trinajstić information content (AvgIpc) is 1.86. The zero-order valence-corrected chi connectivity index (χ0v) is 4.41. The van der Waals surface area contributed by atoms with Crippen molar-refractivity contribution in [3.63, 3.8) is 0 Å². The van der Waals surface area contributed by atoms with E-state index in [9.17, 15) is 0 Å². The van der Waals surface area contributed by atoms with Crippen LogP contribution < -0.4 is 0 Å². The molecule has 1 aliphatic rings. The summed E-state index contributed by atoms with van der Waals surface area (Å²) in [5, 5.41) is 13.1. The van der Waals surface area contributed by atoms with Crippen LogP contribution in [-0.4, -0.2) is 20.2 Å². The second-order valence-electron chi connectivity index (χ2n) is 0.661. The van der Waals surface area contributed by atoms with Crippen LogP contribution in [-0.2, 0) is 0 Å². The zero-order chi connectivity index (χ0) is 4.41. The van der Waals surface area contributed by atoms with E-state index in [2.05, 4.69) is 36.3 Å². The van der Waals surface area contributed by atoms with Crippen LogP contribution in [0, 0.1) is 0 Å². The Hall–Kier alpha value is -0.411. The van der Waals surface area contributed by atoms with Crippen molar-refractivity contribution in [2.45, 2.75) is 0 Å². The van der Waals surface area contributed by atoms with Gasteiger partial charge in [0.25, 0.3) is 0 Å². The number of hydrogen-bond donors (Lipinski definition) is 0. The van der Waals surface area contributed by atoms with Crippen molar-refractivity contribution in [1.29, 1.82) is 0 Å². The molecule has 0 radical (unpaired) electrons. The minimum absolute atomic E-state index is 0.495. The Kier molecular flexibility index (Phi) is 0.855. The van der Waals surface area contributed by atoms with Gasteiger partial charge in [-0.25, -0.2) is 0 Å². The third kappa shape index (κ3) is 0.554. The Labute approximate surface area is 41.7 Å². The summed E-state index contributed by atoms with van der Waals surface area (Å²) in [7, 11) is 0. The Morgan fingerprint density at radius 3 is 1.83 bits per heavy atom. The SMILES string of the molecule is [Se]=C1N=NN=N1. The van der Waals surface area contributed by atoms with Crippen LogP contribution in [0.3, 0.4) is 0 Å². The van der Waals surface area contributed by atoms with Crippen LogP contribution in [0.25, 0.3) is 0 Å². The van der Waals surface area contributed by atoms with Crippen LogP contribution in [0.15, 0.2) is 20.7 Å². The molecule has 0 saturated carbocycles. The van der Waals surface area contributed by atoms with Gasteiger partial charge in [-0.15, -0.1) is 0 Å². The van der Waals surface area contributed by atoms with Gasteiger partial charge in [0, 0.05) is 0 Å². The Bertz CT molecular complexity index is 110. The van der Waals surface area contributed by atoms with Gasteiger partial charge in [-0.05, 0) is 0 Å². The van der Waals surface area contributed by atoms with Crippen LogP contribution in [0.1, 0.15) is 0 Å². The molecule has 0 spiro atoms. The second-order valence-corrected chi connectivity index (χ2v) is 1.43. The van der Waals surface area contributed by atoms with Gasteiger partial charge in [-0.3, -0.25) is 0 Å². The number of nitrogens with zero attached hydrogens (tertiary/aromatic N) is 4. The summed E-state index contributed by atoms with van der Waals surface area (Å²) >= 11 is 2.53. The van der Waals surface area contributed by atoms with Gasteiger partial charge in [0.15, 0.2) is 0 Å². The molecule has 0 fully saturated rings. The van der Waals surface area contributed by atoms with Gasteiger partial charge in [0.05, 0.1) is 0 Å². The summed E-state index contributed by atoms with van der Waals surface area (Å²) in [6.45, 7) is 0. The van der Waals surface area contributed by atoms with Gasteiger partial charge in [0.1, 0.15) is 0 Å². The molecule has 0 bridgehead atoms. The fraction of sp³-hybridized carbons (Fsp3) is 0. The van der Waals surface area contributed by atoms with Gasteiger partial charge < -0.3 is 0 Å². The molecule has 1 rings (SSSR count). The molecule has 0 unspecified atom stereocenters. The van der Waals surface area contributed by atoms with Crippen LogP contribution in [0.4, 0.5) is 0 Å². The van der Waals surface area contributed by atoms with E-state index in [1.54, 1.807) is 0 Å². The molecule has 0 aliphatic carbocycles. The third-order valence-electron chi connectivity index (χ3n) is 0.301. The van der Waals surface area contributed by atoms with Gasteiger partial charge in [-0.1, -0.05) is 0 Å². The van der Waals surface area contributed by atoms with E-state index in [1.807, 2.05) is 0 Å². The maximum absolute atomic E-state index is 3.39. The van der Waals surface area contributed by atoms with Crippen molar-refractivity contribution in [1.82, 2.24) is 0 Å². The molecule has 0 saturated heterocycles. The van der Waals surface area contributed by atoms with Crippen molar-refractivity contribution >= 4 is 20.2 Å². The molecule has 4 nitrogen and oxygen atoms in total. The molecule has 6 heavy (non-hydrogen) atoms. The summed E-state index contributed by atoms with van der Waals surface area (Å²) in [4.78, 5) is 0. The summed E-state index contributed by atoms with van der Waals surface area (Å²) in [5.41, 5.74) is 0. The van der Waals surface area contributed by atoms with Crippen molar-refractivity contribution in [3.05, 3.63) is 0 Å². The first-order chi connectivity index (χ1) is 2.89. The molecule has 0 amide bonds. The standard InChI is InChI=1S/CN4Se/c6-1-2-4-5-3-1. The molecule has 0 aromatic carbocycles. The molecule has 0 N–H and O–H groups in total. The molecule has 1 heterocycles. The molecule has 1 aliphatic heterocycles. The fourth-order valence-corrected chi connectivity index (χ4v) is 0.290. The Morgan fingerprint density at radius 1 is 1.17 bits per heavy atom. The molecule has 0 aromatic heterocycles. The van der Waals surface area contributed by atoms with Crippen LogP contribution in [0.5, 0.6) is 0 Å². The van der Waals surface area contributed by atoms with Crippen molar-refractivity contribution < 1.29 is 0 Å². The van der Waals surface area contributed by atoms with Gasteiger partial charge >= 0.3 is 40.9 Å². The molecule has 5 heteroatoms. The summed E-state index contributed by atoms with van der Waals surface area (Å²) in [5.74, 6) is 0. The predicted molar refractivity (Wildman–Crippen MR) is 20.5 cm³/mol. The first kappa shape index (κ1) is 3.77.